The second-order valence-electron chi connectivity index (χ2n) is 6.13. The predicted octanol–water partition coefficient (Wildman–Crippen LogP) is 3.35. The van der Waals surface area contributed by atoms with Crippen LogP contribution in [0.4, 0.5) is 5.69 Å². The predicted molar refractivity (Wildman–Crippen MR) is 92.4 cm³/mol. The van der Waals surface area contributed by atoms with Crippen LogP contribution in [0.15, 0.2) is 61.2 Å². The van der Waals surface area contributed by atoms with E-state index in [-0.39, 0.29) is 12.5 Å². The van der Waals surface area contributed by atoms with Crippen molar-refractivity contribution in [2.75, 3.05) is 11.5 Å². The van der Waals surface area contributed by atoms with Gasteiger partial charge >= 0.3 is 0 Å². The van der Waals surface area contributed by atoms with Crippen LogP contribution in [0.1, 0.15) is 23.1 Å². The van der Waals surface area contributed by atoms with Gasteiger partial charge in [0.25, 0.3) is 0 Å². The summed E-state index contributed by atoms with van der Waals surface area (Å²) in [6.45, 7) is 6.07. The molecule has 3 rings (SSSR count). The second-order valence-corrected chi connectivity index (χ2v) is 6.13. The first kappa shape index (κ1) is 15.5. The van der Waals surface area contributed by atoms with E-state index in [2.05, 4.69) is 6.58 Å². The molecule has 0 radical (unpaired) electrons. The average molecular weight is 307 g/mol. The van der Waals surface area contributed by atoms with Crippen LogP contribution in [0, 0.1) is 6.92 Å². The lowest BCUT2D eigenvalue weighted by molar-refractivity contribution is -0.124. The molecule has 2 aromatic rings. The summed E-state index contributed by atoms with van der Waals surface area (Å²) in [5, 5.41) is 10.0. The lowest BCUT2D eigenvalue weighted by Gasteiger charge is -2.25. The number of amides is 1. The Hall–Kier alpha value is -2.39. The molecule has 1 N–H and O–H groups in total. The van der Waals surface area contributed by atoms with E-state index in [0.717, 1.165) is 22.4 Å². The highest BCUT2D eigenvalue weighted by molar-refractivity contribution is 6.08. The topological polar surface area (TPSA) is 40.5 Å². The minimum atomic E-state index is -0.905. The molecule has 0 saturated carbocycles. The normalized spacial score (nSPS) is 19.7. The maximum atomic E-state index is 13.1. The smallest absolute Gasteiger partial charge is 0.240 e. The monoisotopic (exact) mass is 307 g/mol. The number of fused-ring (bicyclic) bond motifs is 1. The first-order valence-corrected chi connectivity index (χ1v) is 7.81. The highest BCUT2D eigenvalue weighted by atomic mass is 16.3. The summed E-state index contributed by atoms with van der Waals surface area (Å²) in [7, 11) is 0. The van der Waals surface area contributed by atoms with E-state index in [9.17, 15) is 9.90 Å². The molecule has 0 spiro atoms. The number of aliphatic hydroxyl groups excluding tert-OH is 1. The van der Waals surface area contributed by atoms with Crippen molar-refractivity contribution in [1.29, 1.82) is 0 Å². The van der Waals surface area contributed by atoms with Gasteiger partial charge in [-0.15, -0.1) is 6.58 Å². The molecule has 3 heteroatoms. The number of hydrogen-bond acceptors (Lipinski definition) is 2. The Morgan fingerprint density at radius 1 is 1.22 bits per heavy atom. The quantitative estimate of drug-likeness (QED) is 0.861. The van der Waals surface area contributed by atoms with E-state index in [1.165, 1.54) is 0 Å². The standard InChI is InChI=1S/C20H21NO2/c1-3-11-20(14-22)17-12-15(2)9-10-18(17)21(19(20)23)13-16-7-5-4-6-8-16/h3-10,12,22H,1,11,13-14H2,2H3. The number of benzene rings is 2. The number of aryl methyl sites for hydroxylation is 1. The van der Waals surface area contributed by atoms with Gasteiger partial charge in [-0.2, -0.15) is 0 Å². The Labute approximate surface area is 136 Å². The van der Waals surface area contributed by atoms with Gasteiger partial charge in [0, 0.05) is 5.69 Å². The Bertz CT molecular complexity index is 739. The molecule has 1 amide bonds. The van der Waals surface area contributed by atoms with Crippen LogP contribution in [0.25, 0.3) is 0 Å². The highest BCUT2D eigenvalue weighted by Crippen LogP contribution is 2.45. The minimum absolute atomic E-state index is 0.0515. The third kappa shape index (κ3) is 2.47. The first-order valence-electron chi connectivity index (χ1n) is 7.81. The Balaban J connectivity index is 2.09. The van der Waals surface area contributed by atoms with E-state index < -0.39 is 5.41 Å². The molecule has 1 atom stereocenters. The van der Waals surface area contributed by atoms with Gasteiger partial charge in [0.2, 0.25) is 5.91 Å². The zero-order valence-electron chi connectivity index (χ0n) is 13.3. The largest absolute Gasteiger partial charge is 0.395 e. The molecule has 0 aliphatic carbocycles. The van der Waals surface area contributed by atoms with Gasteiger partial charge in [0.1, 0.15) is 5.41 Å². The maximum absolute atomic E-state index is 13.1. The van der Waals surface area contributed by atoms with Gasteiger partial charge < -0.3 is 10.0 Å². The summed E-state index contributed by atoms with van der Waals surface area (Å²) in [4.78, 5) is 14.9. The summed E-state index contributed by atoms with van der Waals surface area (Å²) in [5.74, 6) is -0.0515. The zero-order chi connectivity index (χ0) is 16.4. The molecular weight excluding hydrogens is 286 g/mol. The molecule has 1 aliphatic rings. The van der Waals surface area contributed by atoms with Gasteiger partial charge in [-0.1, -0.05) is 54.1 Å². The molecule has 0 fully saturated rings. The van der Waals surface area contributed by atoms with E-state index in [4.69, 9.17) is 0 Å². The van der Waals surface area contributed by atoms with Crippen LogP contribution in [0.5, 0.6) is 0 Å². The van der Waals surface area contributed by atoms with Crippen LogP contribution in [0.2, 0.25) is 0 Å². The Morgan fingerprint density at radius 3 is 2.61 bits per heavy atom. The first-order chi connectivity index (χ1) is 11.1. The van der Waals surface area contributed by atoms with Gasteiger partial charge in [-0.3, -0.25) is 4.79 Å². The molecular formula is C20H21NO2. The van der Waals surface area contributed by atoms with Crippen molar-refractivity contribution < 1.29 is 9.90 Å². The third-order valence-electron chi connectivity index (χ3n) is 4.56. The van der Waals surface area contributed by atoms with E-state index in [0.29, 0.717) is 13.0 Å². The fourth-order valence-electron chi connectivity index (χ4n) is 3.34. The summed E-state index contributed by atoms with van der Waals surface area (Å²) in [6.07, 6.45) is 2.15. The molecule has 0 saturated heterocycles. The van der Waals surface area contributed by atoms with E-state index >= 15 is 0 Å². The van der Waals surface area contributed by atoms with Gasteiger partial charge in [0.15, 0.2) is 0 Å². The average Bonchev–Trinajstić information content (AvgIpc) is 2.79. The van der Waals surface area contributed by atoms with E-state index in [1.54, 1.807) is 11.0 Å². The molecule has 1 heterocycles. The second kappa shape index (κ2) is 6.01. The number of hydrogen-bond donors (Lipinski definition) is 1. The summed E-state index contributed by atoms with van der Waals surface area (Å²) < 4.78 is 0. The number of rotatable bonds is 5. The van der Waals surface area contributed by atoms with Gasteiger partial charge in [0.05, 0.1) is 13.2 Å². The number of carbonyl (C=O) groups is 1. The van der Waals surface area contributed by atoms with Crippen molar-refractivity contribution >= 4 is 11.6 Å². The minimum Gasteiger partial charge on any atom is -0.395 e. The van der Waals surface area contributed by atoms with Crippen LogP contribution in [-0.2, 0) is 16.8 Å². The molecule has 2 aromatic carbocycles. The fraction of sp³-hybridized carbons (Fsp3) is 0.250. The van der Waals surface area contributed by atoms with Crippen molar-refractivity contribution in [3.8, 4) is 0 Å². The molecule has 23 heavy (non-hydrogen) atoms. The molecule has 0 bridgehead atoms. The molecule has 1 aliphatic heterocycles. The van der Waals surface area contributed by atoms with Crippen LogP contribution < -0.4 is 4.90 Å². The third-order valence-corrected chi connectivity index (χ3v) is 4.56. The summed E-state index contributed by atoms with van der Waals surface area (Å²) in [5.41, 5.74) is 3.04. The molecule has 0 aromatic heterocycles. The van der Waals surface area contributed by atoms with Crippen LogP contribution >= 0.6 is 0 Å². The molecule has 118 valence electrons. The number of aliphatic hydroxyl groups is 1. The number of nitrogens with zero attached hydrogens (tertiary/aromatic N) is 1. The van der Waals surface area contributed by atoms with Gasteiger partial charge in [-0.05, 0) is 30.5 Å². The van der Waals surface area contributed by atoms with Crippen molar-refractivity contribution in [2.24, 2.45) is 0 Å². The van der Waals surface area contributed by atoms with Crippen molar-refractivity contribution in [3.05, 3.63) is 77.9 Å². The van der Waals surface area contributed by atoms with Crippen molar-refractivity contribution in [2.45, 2.75) is 25.3 Å². The number of anilines is 1. The number of carbonyl (C=O) groups excluding carboxylic acids is 1. The van der Waals surface area contributed by atoms with Crippen LogP contribution in [-0.4, -0.2) is 17.6 Å². The Kier molecular flexibility index (Phi) is 4.05. The Morgan fingerprint density at radius 2 is 1.96 bits per heavy atom. The molecule has 3 nitrogen and oxygen atoms in total. The van der Waals surface area contributed by atoms with Gasteiger partial charge in [-0.25, -0.2) is 0 Å². The zero-order valence-corrected chi connectivity index (χ0v) is 13.3. The lowest BCUT2D eigenvalue weighted by atomic mass is 9.79. The highest BCUT2D eigenvalue weighted by Gasteiger charge is 2.49. The van der Waals surface area contributed by atoms with Crippen LogP contribution in [0.3, 0.4) is 0 Å². The summed E-state index contributed by atoms with van der Waals surface area (Å²) >= 11 is 0. The van der Waals surface area contributed by atoms with Crippen molar-refractivity contribution in [1.82, 2.24) is 0 Å². The SMILES string of the molecule is C=CCC1(CO)C(=O)N(Cc2ccccc2)c2ccc(C)cc21. The number of allylic oxidation sites excluding steroid dienone is 1. The van der Waals surface area contributed by atoms with E-state index in [1.807, 2.05) is 55.5 Å². The van der Waals surface area contributed by atoms with Crippen molar-refractivity contribution in [3.63, 3.8) is 0 Å². The lowest BCUT2D eigenvalue weighted by Crippen LogP contribution is -2.42. The fourth-order valence-corrected chi connectivity index (χ4v) is 3.34. The maximum Gasteiger partial charge on any atom is 0.240 e. The summed E-state index contributed by atoms with van der Waals surface area (Å²) in [6, 6.07) is 15.9. The molecule has 1 unspecified atom stereocenters.